The van der Waals surface area contributed by atoms with E-state index in [9.17, 15) is 13.2 Å². The third-order valence-corrected chi connectivity index (χ3v) is 3.44. The first-order valence-corrected chi connectivity index (χ1v) is 7.10. The number of hydrogen-bond acceptors (Lipinski definition) is 2. The molecular formula is C19H12F3NO. The lowest BCUT2D eigenvalue weighted by Gasteiger charge is -2.06. The maximum atomic E-state index is 12.7. The number of rotatable bonds is 1. The number of ether oxygens (including phenoxy) is 1. The molecule has 0 saturated carbocycles. The Hall–Kier alpha value is -3.00. The highest BCUT2D eigenvalue weighted by Gasteiger charge is 2.30. The van der Waals surface area contributed by atoms with Crippen LogP contribution < -0.4 is 4.74 Å². The minimum Gasteiger partial charge on any atom is -0.496 e. The maximum Gasteiger partial charge on any atom is 0.416 e. The van der Waals surface area contributed by atoms with Crippen molar-refractivity contribution in [3.63, 3.8) is 0 Å². The standard InChI is InChI=1S/C19H12F3NO/c1-24-18-7-3-6-17-16(18)11-10-15(23-17)9-8-13-4-2-5-14(12-13)19(20,21)22/h2-7,10-12H,1H3. The van der Waals surface area contributed by atoms with Crippen LogP contribution in [0.5, 0.6) is 5.75 Å². The Morgan fingerprint density at radius 2 is 1.75 bits per heavy atom. The molecule has 2 nitrogen and oxygen atoms in total. The molecule has 0 aliphatic carbocycles. The summed E-state index contributed by atoms with van der Waals surface area (Å²) in [6, 6.07) is 13.9. The van der Waals surface area contributed by atoms with E-state index < -0.39 is 11.7 Å². The van der Waals surface area contributed by atoms with E-state index in [0.29, 0.717) is 17.0 Å². The normalized spacial score (nSPS) is 11.0. The fraction of sp³-hybridized carbons (Fsp3) is 0.105. The van der Waals surface area contributed by atoms with Crippen LogP contribution in [0.4, 0.5) is 13.2 Å². The zero-order valence-electron chi connectivity index (χ0n) is 12.7. The number of benzene rings is 2. The second-order valence-corrected chi connectivity index (χ2v) is 5.05. The van der Waals surface area contributed by atoms with Gasteiger partial charge >= 0.3 is 6.18 Å². The SMILES string of the molecule is COc1cccc2nc(C#Cc3cccc(C(F)(F)F)c3)ccc12. The van der Waals surface area contributed by atoms with Gasteiger partial charge in [-0.3, -0.25) is 0 Å². The van der Waals surface area contributed by atoms with Crippen molar-refractivity contribution < 1.29 is 17.9 Å². The monoisotopic (exact) mass is 327 g/mol. The lowest BCUT2D eigenvalue weighted by atomic mass is 10.1. The highest BCUT2D eigenvalue weighted by atomic mass is 19.4. The molecule has 0 unspecified atom stereocenters. The summed E-state index contributed by atoms with van der Waals surface area (Å²) in [5, 5.41) is 0.851. The first-order chi connectivity index (χ1) is 11.5. The van der Waals surface area contributed by atoms with Crippen LogP contribution in [-0.2, 0) is 6.18 Å². The Morgan fingerprint density at radius 3 is 2.50 bits per heavy atom. The molecule has 0 amide bonds. The molecule has 3 rings (SSSR count). The molecule has 0 saturated heterocycles. The van der Waals surface area contributed by atoms with Crippen molar-refractivity contribution in [1.29, 1.82) is 0 Å². The number of nitrogens with zero attached hydrogens (tertiary/aromatic N) is 1. The second-order valence-electron chi connectivity index (χ2n) is 5.05. The van der Waals surface area contributed by atoms with Crippen LogP contribution in [0, 0.1) is 11.8 Å². The average molecular weight is 327 g/mol. The van der Waals surface area contributed by atoms with Gasteiger partial charge in [-0.05, 0) is 48.4 Å². The Balaban J connectivity index is 1.95. The Kier molecular flexibility index (Phi) is 4.13. The minimum atomic E-state index is -4.38. The molecule has 2 aromatic carbocycles. The smallest absolute Gasteiger partial charge is 0.416 e. The number of methoxy groups -OCH3 is 1. The fourth-order valence-corrected chi connectivity index (χ4v) is 2.28. The molecular weight excluding hydrogens is 315 g/mol. The van der Waals surface area contributed by atoms with Gasteiger partial charge < -0.3 is 4.74 Å². The molecule has 0 bridgehead atoms. The molecule has 0 spiro atoms. The highest BCUT2D eigenvalue weighted by Crippen LogP contribution is 2.29. The summed E-state index contributed by atoms with van der Waals surface area (Å²) in [6.45, 7) is 0. The van der Waals surface area contributed by atoms with Gasteiger partial charge in [-0.2, -0.15) is 13.2 Å². The number of halogens is 3. The first kappa shape index (κ1) is 15.9. The summed E-state index contributed by atoms with van der Waals surface area (Å²) in [5.41, 5.74) is 0.765. The molecule has 0 aliphatic rings. The van der Waals surface area contributed by atoms with Crippen LogP contribution in [0.3, 0.4) is 0 Å². The zero-order valence-corrected chi connectivity index (χ0v) is 12.7. The third-order valence-electron chi connectivity index (χ3n) is 3.44. The van der Waals surface area contributed by atoms with Crippen molar-refractivity contribution in [2.45, 2.75) is 6.18 Å². The lowest BCUT2D eigenvalue weighted by molar-refractivity contribution is -0.137. The average Bonchev–Trinajstić information content (AvgIpc) is 2.58. The lowest BCUT2D eigenvalue weighted by Crippen LogP contribution is -2.04. The van der Waals surface area contributed by atoms with E-state index in [-0.39, 0.29) is 5.56 Å². The molecule has 0 radical (unpaired) electrons. The van der Waals surface area contributed by atoms with Crippen LogP contribution in [0.25, 0.3) is 10.9 Å². The van der Waals surface area contributed by atoms with Gasteiger partial charge in [0.15, 0.2) is 0 Å². The van der Waals surface area contributed by atoms with Gasteiger partial charge in [0.1, 0.15) is 11.4 Å². The van der Waals surface area contributed by atoms with E-state index in [4.69, 9.17) is 4.74 Å². The van der Waals surface area contributed by atoms with Gasteiger partial charge in [-0.1, -0.05) is 18.1 Å². The van der Waals surface area contributed by atoms with Crippen molar-refractivity contribution in [2.24, 2.45) is 0 Å². The summed E-state index contributed by atoms with van der Waals surface area (Å²) >= 11 is 0. The molecule has 5 heteroatoms. The van der Waals surface area contributed by atoms with Crippen molar-refractivity contribution in [1.82, 2.24) is 4.98 Å². The fourth-order valence-electron chi connectivity index (χ4n) is 2.28. The molecule has 0 N–H and O–H groups in total. The summed E-state index contributed by atoms with van der Waals surface area (Å²) in [4.78, 5) is 4.39. The molecule has 0 aliphatic heterocycles. The van der Waals surface area contributed by atoms with E-state index >= 15 is 0 Å². The van der Waals surface area contributed by atoms with Gasteiger partial charge in [0, 0.05) is 10.9 Å². The third kappa shape index (κ3) is 3.33. The number of pyridine rings is 1. The van der Waals surface area contributed by atoms with E-state index in [0.717, 1.165) is 17.5 Å². The predicted octanol–water partition coefficient (Wildman–Crippen LogP) is 4.66. The van der Waals surface area contributed by atoms with E-state index in [1.54, 1.807) is 13.2 Å². The van der Waals surface area contributed by atoms with Crippen LogP contribution in [0.1, 0.15) is 16.8 Å². The van der Waals surface area contributed by atoms with E-state index in [2.05, 4.69) is 16.8 Å². The quantitative estimate of drug-likeness (QED) is 0.606. The van der Waals surface area contributed by atoms with Crippen molar-refractivity contribution in [2.75, 3.05) is 7.11 Å². The summed E-state index contributed by atoms with van der Waals surface area (Å²) < 4.78 is 43.4. The van der Waals surface area contributed by atoms with Crippen LogP contribution in [0.15, 0.2) is 54.6 Å². The predicted molar refractivity (Wildman–Crippen MR) is 85.7 cm³/mol. The molecule has 1 heterocycles. The summed E-state index contributed by atoms with van der Waals surface area (Å²) in [6.07, 6.45) is -4.38. The molecule has 0 atom stereocenters. The Labute approximate surface area is 136 Å². The molecule has 120 valence electrons. The molecule has 3 aromatic rings. The van der Waals surface area contributed by atoms with Gasteiger partial charge in [0.05, 0.1) is 18.2 Å². The largest absolute Gasteiger partial charge is 0.496 e. The highest BCUT2D eigenvalue weighted by molar-refractivity contribution is 5.85. The second kappa shape index (κ2) is 6.25. The molecule has 0 fully saturated rings. The van der Waals surface area contributed by atoms with Crippen LogP contribution in [0.2, 0.25) is 0 Å². The van der Waals surface area contributed by atoms with Crippen LogP contribution >= 0.6 is 0 Å². The van der Waals surface area contributed by atoms with Gasteiger partial charge in [0.2, 0.25) is 0 Å². The van der Waals surface area contributed by atoms with Crippen molar-refractivity contribution in [3.8, 4) is 17.6 Å². The van der Waals surface area contributed by atoms with E-state index in [1.165, 1.54) is 12.1 Å². The van der Waals surface area contributed by atoms with Crippen molar-refractivity contribution in [3.05, 3.63) is 71.4 Å². The molecule has 1 aromatic heterocycles. The molecule has 24 heavy (non-hydrogen) atoms. The topological polar surface area (TPSA) is 22.1 Å². The zero-order chi connectivity index (χ0) is 17.2. The first-order valence-electron chi connectivity index (χ1n) is 7.10. The Bertz CT molecular complexity index is 952. The van der Waals surface area contributed by atoms with Crippen LogP contribution in [-0.4, -0.2) is 12.1 Å². The van der Waals surface area contributed by atoms with Gasteiger partial charge in [-0.25, -0.2) is 4.98 Å². The Morgan fingerprint density at radius 1 is 0.958 bits per heavy atom. The number of fused-ring (bicyclic) bond motifs is 1. The van der Waals surface area contributed by atoms with Crippen molar-refractivity contribution >= 4 is 10.9 Å². The van der Waals surface area contributed by atoms with Gasteiger partial charge in [-0.15, -0.1) is 0 Å². The van der Waals surface area contributed by atoms with E-state index in [1.807, 2.05) is 24.3 Å². The minimum absolute atomic E-state index is 0.289. The van der Waals surface area contributed by atoms with Gasteiger partial charge in [0.25, 0.3) is 0 Å². The number of alkyl halides is 3. The summed E-state index contributed by atoms with van der Waals surface area (Å²) in [5.74, 6) is 6.23. The number of aromatic nitrogens is 1. The summed E-state index contributed by atoms with van der Waals surface area (Å²) in [7, 11) is 1.58. The number of hydrogen-bond donors (Lipinski definition) is 0. The maximum absolute atomic E-state index is 12.7.